The predicted octanol–water partition coefficient (Wildman–Crippen LogP) is 5.36. The van der Waals surface area contributed by atoms with Gasteiger partial charge in [0.05, 0.1) is 6.61 Å². The number of esters is 1. The van der Waals surface area contributed by atoms with Gasteiger partial charge < -0.3 is 4.74 Å². The molecule has 0 aromatic carbocycles. The van der Waals surface area contributed by atoms with Crippen molar-refractivity contribution in [1.82, 2.24) is 0 Å². The molecular formula is C18H30O2. The van der Waals surface area contributed by atoms with Crippen LogP contribution >= 0.6 is 0 Å². The minimum atomic E-state index is -0.210. The Labute approximate surface area is 124 Å². The van der Waals surface area contributed by atoms with Gasteiger partial charge in [0.1, 0.15) is 0 Å². The minimum absolute atomic E-state index is 0.210. The zero-order valence-electron chi connectivity index (χ0n) is 13.1. The summed E-state index contributed by atoms with van der Waals surface area (Å²) in [5, 5.41) is 0. The van der Waals surface area contributed by atoms with Crippen LogP contribution in [-0.4, -0.2) is 12.6 Å². The van der Waals surface area contributed by atoms with Crippen LogP contribution in [0.1, 0.15) is 65.2 Å². The molecular weight excluding hydrogens is 248 g/mol. The van der Waals surface area contributed by atoms with Crippen molar-refractivity contribution < 1.29 is 9.53 Å². The normalized spacial score (nSPS) is 11.9. The number of hydrogen-bond donors (Lipinski definition) is 0. The summed E-state index contributed by atoms with van der Waals surface area (Å²) < 4.78 is 5.09. The molecule has 0 heterocycles. The molecule has 2 heteroatoms. The smallest absolute Gasteiger partial charge is 0.330 e. The molecule has 0 amide bonds. The quantitative estimate of drug-likeness (QED) is 0.208. The molecule has 0 spiro atoms. The molecule has 0 aliphatic carbocycles. The van der Waals surface area contributed by atoms with Gasteiger partial charge in [0.15, 0.2) is 0 Å². The second-order valence-corrected chi connectivity index (χ2v) is 4.84. The number of carbonyl (C=O) groups is 1. The lowest BCUT2D eigenvalue weighted by Crippen LogP contribution is -2.01. The zero-order chi connectivity index (χ0) is 14.9. The molecule has 0 rings (SSSR count). The first-order valence-electron chi connectivity index (χ1n) is 7.87. The fraction of sp³-hybridized carbons (Fsp3) is 0.611. The van der Waals surface area contributed by atoms with Gasteiger partial charge in [-0.15, -0.1) is 0 Å². The number of hydrogen-bond acceptors (Lipinski definition) is 2. The van der Waals surface area contributed by atoms with Crippen molar-refractivity contribution in [3.8, 4) is 0 Å². The summed E-state index contributed by atoms with van der Waals surface area (Å²) in [7, 11) is 0. The lowest BCUT2D eigenvalue weighted by atomic mass is 10.1. The van der Waals surface area contributed by atoms with Crippen molar-refractivity contribution in [2.45, 2.75) is 65.2 Å². The Balaban J connectivity index is 3.34. The Kier molecular flexibility index (Phi) is 14.7. The number of ether oxygens (including phenoxy) is 1. The van der Waals surface area contributed by atoms with E-state index in [0.717, 1.165) is 25.7 Å². The molecule has 0 fully saturated rings. The molecule has 0 saturated heterocycles. The average Bonchev–Trinajstić information content (AvgIpc) is 2.45. The van der Waals surface area contributed by atoms with E-state index in [-0.39, 0.29) is 5.97 Å². The fourth-order valence-electron chi connectivity index (χ4n) is 1.81. The topological polar surface area (TPSA) is 26.3 Å². The second-order valence-electron chi connectivity index (χ2n) is 4.84. The number of allylic oxidation sites excluding steroid dienone is 5. The molecule has 0 aliphatic heterocycles. The Hall–Kier alpha value is -1.31. The summed E-state index contributed by atoms with van der Waals surface area (Å²) in [6.45, 7) is 4.57. The summed E-state index contributed by atoms with van der Waals surface area (Å²) >= 11 is 0. The van der Waals surface area contributed by atoms with Crippen LogP contribution in [0.4, 0.5) is 0 Å². The minimum Gasteiger partial charge on any atom is -0.463 e. The summed E-state index contributed by atoms with van der Waals surface area (Å²) in [5.74, 6) is -0.210. The number of unbranched alkanes of at least 4 members (excludes halogenated alkanes) is 6. The van der Waals surface area contributed by atoms with E-state index in [1.54, 1.807) is 6.08 Å². The van der Waals surface area contributed by atoms with Crippen molar-refractivity contribution in [1.29, 1.82) is 0 Å². The van der Waals surface area contributed by atoms with E-state index in [0.29, 0.717) is 6.61 Å². The van der Waals surface area contributed by atoms with Gasteiger partial charge in [-0.1, -0.05) is 43.2 Å². The second kappa shape index (κ2) is 15.7. The fourth-order valence-corrected chi connectivity index (χ4v) is 1.81. The molecule has 114 valence electrons. The molecule has 0 N–H and O–H groups in total. The number of carbonyl (C=O) groups excluding carboxylic acids is 1. The van der Waals surface area contributed by atoms with Crippen LogP contribution in [-0.2, 0) is 9.53 Å². The highest BCUT2D eigenvalue weighted by Gasteiger charge is 1.95. The van der Waals surface area contributed by atoms with E-state index in [2.05, 4.69) is 25.2 Å². The van der Waals surface area contributed by atoms with Gasteiger partial charge in [-0.2, -0.15) is 0 Å². The third-order valence-electron chi connectivity index (χ3n) is 2.98. The van der Waals surface area contributed by atoms with Crippen LogP contribution < -0.4 is 0 Å². The monoisotopic (exact) mass is 278 g/mol. The summed E-state index contributed by atoms with van der Waals surface area (Å²) in [5.41, 5.74) is 0. The summed E-state index contributed by atoms with van der Waals surface area (Å²) in [6.07, 6.45) is 20.9. The van der Waals surface area contributed by atoms with Gasteiger partial charge >= 0.3 is 5.97 Å². The largest absolute Gasteiger partial charge is 0.463 e. The van der Waals surface area contributed by atoms with Gasteiger partial charge in [0.2, 0.25) is 0 Å². The van der Waals surface area contributed by atoms with Crippen molar-refractivity contribution in [3.63, 3.8) is 0 Å². The van der Waals surface area contributed by atoms with Gasteiger partial charge in [0, 0.05) is 6.08 Å². The third kappa shape index (κ3) is 14.7. The lowest BCUT2D eigenvalue weighted by Gasteiger charge is -1.99. The molecule has 0 atom stereocenters. The van der Waals surface area contributed by atoms with Crippen LogP contribution in [0.3, 0.4) is 0 Å². The van der Waals surface area contributed by atoms with Crippen molar-refractivity contribution in [2.24, 2.45) is 0 Å². The first-order valence-corrected chi connectivity index (χ1v) is 7.87. The Morgan fingerprint density at radius 3 is 1.95 bits per heavy atom. The molecule has 0 unspecified atom stereocenters. The lowest BCUT2D eigenvalue weighted by molar-refractivity contribution is -0.137. The SMILES string of the molecule is CC=CCCCCCC/C=C/C(=O)OCCC/C=C/C. The van der Waals surface area contributed by atoms with E-state index in [9.17, 15) is 4.79 Å². The van der Waals surface area contributed by atoms with E-state index in [1.807, 2.05) is 19.1 Å². The Morgan fingerprint density at radius 2 is 1.35 bits per heavy atom. The van der Waals surface area contributed by atoms with E-state index < -0.39 is 0 Å². The van der Waals surface area contributed by atoms with Crippen molar-refractivity contribution >= 4 is 5.97 Å². The Morgan fingerprint density at radius 1 is 0.800 bits per heavy atom. The van der Waals surface area contributed by atoms with Crippen LogP contribution in [0.5, 0.6) is 0 Å². The van der Waals surface area contributed by atoms with Crippen LogP contribution in [0, 0.1) is 0 Å². The maximum absolute atomic E-state index is 11.3. The maximum atomic E-state index is 11.3. The van der Waals surface area contributed by atoms with Crippen molar-refractivity contribution in [2.75, 3.05) is 6.61 Å². The first kappa shape index (κ1) is 18.7. The number of rotatable bonds is 12. The van der Waals surface area contributed by atoms with Crippen LogP contribution in [0.25, 0.3) is 0 Å². The predicted molar refractivity (Wildman–Crippen MR) is 86.7 cm³/mol. The van der Waals surface area contributed by atoms with E-state index >= 15 is 0 Å². The molecule has 0 bridgehead atoms. The van der Waals surface area contributed by atoms with E-state index in [4.69, 9.17) is 4.74 Å². The molecule has 0 aromatic rings. The average molecular weight is 278 g/mol. The molecule has 0 aromatic heterocycles. The van der Waals surface area contributed by atoms with Gasteiger partial charge in [-0.05, 0) is 52.4 Å². The molecule has 2 nitrogen and oxygen atoms in total. The Bertz CT molecular complexity index is 301. The highest BCUT2D eigenvalue weighted by atomic mass is 16.5. The summed E-state index contributed by atoms with van der Waals surface area (Å²) in [4.78, 5) is 11.3. The highest BCUT2D eigenvalue weighted by Crippen LogP contribution is 2.06. The maximum Gasteiger partial charge on any atom is 0.330 e. The third-order valence-corrected chi connectivity index (χ3v) is 2.98. The summed E-state index contributed by atoms with van der Waals surface area (Å²) in [6, 6.07) is 0. The van der Waals surface area contributed by atoms with Gasteiger partial charge in [0.25, 0.3) is 0 Å². The van der Waals surface area contributed by atoms with Gasteiger partial charge in [-0.3, -0.25) is 0 Å². The van der Waals surface area contributed by atoms with Crippen molar-refractivity contribution in [3.05, 3.63) is 36.5 Å². The zero-order valence-corrected chi connectivity index (χ0v) is 13.1. The van der Waals surface area contributed by atoms with Gasteiger partial charge in [-0.25, -0.2) is 4.79 Å². The van der Waals surface area contributed by atoms with Crippen LogP contribution in [0.2, 0.25) is 0 Å². The highest BCUT2D eigenvalue weighted by molar-refractivity contribution is 5.81. The van der Waals surface area contributed by atoms with Crippen LogP contribution in [0.15, 0.2) is 36.5 Å². The first-order chi connectivity index (χ1) is 9.81. The standard InChI is InChI=1S/C18H30O2/c1-3-5-7-9-10-11-12-13-14-16-18(19)20-17-15-8-6-4-2/h3-6,14,16H,7-13,15,17H2,1-2H3/b5-3?,6-4+,16-14+. The molecule has 0 saturated carbocycles. The molecule has 20 heavy (non-hydrogen) atoms. The van der Waals surface area contributed by atoms with E-state index in [1.165, 1.54) is 25.7 Å². The molecule has 0 radical (unpaired) electrons. The molecule has 0 aliphatic rings.